The molecule has 0 atom stereocenters. The molecule has 0 bridgehead atoms. The highest BCUT2D eigenvalue weighted by Crippen LogP contribution is 2.27. The van der Waals surface area contributed by atoms with Crippen molar-refractivity contribution in [3.8, 4) is 0 Å². The molecule has 2 aromatic rings. The summed E-state index contributed by atoms with van der Waals surface area (Å²) in [6.45, 7) is 0.706. The van der Waals surface area contributed by atoms with Crippen molar-refractivity contribution in [1.82, 2.24) is 0 Å². The van der Waals surface area contributed by atoms with Crippen molar-refractivity contribution in [2.45, 2.75) is 6.54 Å². The van der Waals surface area contributed by atoms with Gasteiger partial charge in [0.05, 0.1) is 0 Å². The van der Waals surface area contributed by atoms with Crippen LogP contribution >= 0.6 is 55.1 Å². The molecule has 0 fully saturated rings. The number of nitrogens with one attached hydrogen (secondary N) is 1. The smallest absolute Gasteiger partial charge is 0.0488 e. The van der Waals surface area contributed by atoms with Crippen molar-refractivity contribution < 1.29 is 0 Å². The van der Waals surface area contributed by atoms with E-state index in [1.807, 2.05) is 36.4 Å². The van der Waals surface area contributed by atoms with Crippen LogP contribution in [0.1, 0.15) is 5.56 Å². The zero-order valence-corrected chi connectivity index (χ0v) is 13.9. The van der Waals surface area contributed by atoms with Gasteiger partial charge < -0.3 is 5.32 Å². The third-order valence-corrected chi connectivity index (χ3v) is 4.28. The zero-order chi connectivity index (χ0) is 13.1. The lowest BCUT2D eigenvalue weighted by Crippen LogP contribution is -2.00. The molecular formula is C13H9Br2Cl2N. The largest absolute Gasteiger partial charge is 0.380 e. The maximum Gasteiger partial charge on any atom is 0.0488 e. The molecule has 0 aliphatic rings. The Kier molecular flexibility index (Phi) is 4.96. The van der Waals surface area contributed by atoms with E-state index in [4.69, 9.17) is 23.2 Å². The summed E-state index contributed by atoms with van der Waals surface area (Å²) >= 11 is 18.8. The highest BCUT2D eigenvalue weighted by atomic mass is 79.9. The lowest BCUT2D eigenvalue weighted by atomic mass is 10.2. The van der Waals surface area contributed by atoms with Gasteiger partial charge in [0.2, 0.25) is 0 Å². The molecule has 18 heavy (non-hydrogen) atoms. The second-order valence-electron chi connectivity index (χ2n) is 3.71. The van der Waals surface area contributed by atoms with Crippen molar-refractivity contribution in [2.75, 3.05) is 5.32 Å². The summed E-state index contributed by atoms with van der Waals surface area (Å²) in [5.74, 6) is 0. The van der Waals surface area contributed by atoms with E-state index in [-0.39, 0.29) is 0 Å². The number of anilines is 1. The van der Waals surface area contributed by atoms with Gasteiger partial charge in [-0.2, -0.15) is 0 Å². The molecule has 2 rings (SSSR count). The van der Waals surface area contributed by atoms with Gasteiger partial charge in [-0.25, -0.2) is 0 Å². The summed E-state index contributed by atoms with van der Waals surface area (Å²) in [4.78, 5) is 0. The van der Waals surface area contributed by atoms with Crippen molar-refractivity contribution in [3.05, 3.63) is 61.0 Å². The van der Waals surface area contributed by atoms with Crippen LogP contribution in [0.4, 0.5) is 5.69 Å². The third kappa shape index (κ3) is 3.64. The highest BCUT2D eigenvalue weighted by Gasteiger charge is 2.03. The predicted octanol–water partition coefficient (Wildman–Crippen LogP) is 6.13. The standard InChI is InChI=1S/C13H9Br2Cl2N/c14-11-5-9(16)2-1-8(11)7-18-13-4-3-10(17)6-12(13)15/h1-6,18H,7H2. The molecule has 1 N–H and O–H groups in total. The number of rotatable bonds is 3. The molecule has 1 nitrogen and oxygen atoms in total. The van der Waals surface area contributed by atoms with Crippen molar-refractivity contribution in [2.24, 2.45) is 0 Å². The van der Waals surface area contributed by atoms with E-state index < -0.39 is 0 Å². The average Bonchev–Trinajstić information content (AvgIpc) is 2.30. The molecule has 0 saturated carbocycles. The molecule has 0 aliphatic carbocycles. The molecule has 0 spiro atoms. The van der Waals surface area contributed by atoms with Crippen molar-refractivity contribution in [1.29, 1.82) is 0 Å². The van der Waals surface area contributed by atoms with Gasteiger partial charge in [-0.3, -0.25) is 0 Å². The molecule has 0 radical (unpaired) electrons. The van der Waals surface area contributed by atoms with Crippen LogP contribution in [0.3, 0.4) is 0 Å². The Morgan fingerprint density at radius 3 is 2.11 bits per heavy atom. The normalized spacial score (nSPS) is 10.4. The minimum Gasteiger partial charge on any atom is -0.380 e. The van der Waals surface area contributed by atoms with Gasteiger partial charge >= 0.3 is 0 Å². The van der Waals surface area contributed by atoms with Gasteiger partial charge in [0.1, 0.15) is 0 Å². The van der Waals surface area contributed by atoms with E-state index in [0.29, 0.717) is 11.6 Å². The number of benzene rings is 2. The van der Waals surface area contributed by atoms with E-state index in [2.05, 4.69) is 37.2 Å². The molecule has 0 heterocycles. The van der Waals surface area contributed by atoms with Gasteiger partial charge in [-0.15, -0.1) is 0 Å². The van der Waals surface area contributed by atoms with Gasteiger partial charge in [0.25, 0.3) is 0 Å². The van der Waals surface area contributed by atoms with Crippen molar-refractivity contribution >= 4 is 60.7 Å². The van der Waals surface area contributed by atoms with Crippen LogP contribution in [0.5, 0.6) is 0 Å². The Hall–Kier alpha value is -0.220. The van der Waals surface area contributed by atoms with E-state index in [1.165, 1.54) is 0 Å². The van der Waals surface area contributed by atoms with Gasteiger partial charge in [0, 0.05) is 31.2 Å². The Balaban J connectivity index is 2.11. The van der Waals surface area contributed by atoms with Gasteiger partial charge in [0.15, 0.2) is 0 Å². The van der Waals surface area contributed by atoms with Gasteiger partial charge in [-0.1, -0.05) is 45.2 Å². The van der Waals surface area contributed by atoms with E-state index in [9.17, 15) is 0 Å². The molecule has 0 saturated heterocycles. The average molecular weight is 410 g/mol. The van der Waals surface area contributed by atoms with Crippen LogP contribution in [0.25, 0.3) is 0 Å². The van der Waals surface area contributed by atoms with Crippen LogP contribution in [0, 0.1) is 0 Å². The topological polar surface area (TPSA) is 12.0 Å². The molecule has 0 aromatic heterocycles. The quantitative estimate of drug-likeness (QED) is 0.642. The van der Waals surface area contributed by atoms with E-state index >= 15 is 0 Å². The lowest BCUT2D eigenvalue weighted by Gasteiger charge is -2.10. The molecule has 94 valence electrons. The first-order valence-corrected chi connectivity index (χ1v) is 7.53. The molecule has 0 aliphatic heterocycles. The summed E-state index contributed by atoms with van der Waals surface area (Å²) < 4.78 is 1.94. The van der Waals surface area contributed by atoms with Crippen LogP contribution in [0.2, 0.25) is 10.0 Å². The maximum absolute atomic E-state index is 5.90. The van der Waals surface area contributed by atoms with Crippen LogP contribution < -0.4 is 5.32 Å². The number of halogens is 4. The van der Waals surface area contributed by atoms with E-state index in [0.717, 1.165) is 25.2 Å². The zero-order valence-electron chi connectivity index (χ0n) is 9.18. The van der Waals surface area contributed by atoms with Gasteiger partial charge in [-0.05, 0) is 51.8 Å². The Morgan fingerprint density at radius 2 is 1.50 bits per heavy atom. The number of hydrogen-bond acceptors (Lipinski definition) is 1. The molecular weight excluding hydrogens is 401 g/mol. The highest BCUT2D eigenvalue weighted by molar-refractivity contribution is 9.11. The Labute approximate surface area is 133 Å². The third-order valence-electron chi connectivity index (χ3n) is 2.42. The second kappa shape index (κ2) is 6.29. The lowest BCUT2D eigenvalue weighted by molar-refractivity contribution is 1.13. The van der Waals surface area contributed by atoms with Crippen LogP contribution in [-0.2, 0) is 6.54 Å². The fourth-order valence-electron chi connectivity index (χ4n) is 1.49. The first-order chi connectivity index (χ1) is 8.56. The predicted molar refractivity (Wildman–Crippen MR) is 85.6 cm³/mol. The minimum atomic E-state index is 0.706. The Morgan fingerprint density at radius 1 is 0.889 bits per heavy atom. The minimum absolute atomic E-state index is 0.706. The summed E-state index contributed by atoms with van der Waals surface area (Å²) in [7, 11) is 0. The first-order valence-electron chi connectivity index (χ1n) is 5.19. The summed E-state index contributed by atoms with van der Waals surface area (Å²) in [5, 5.41) is 4.77. The summed E-state index contributed by atoms with van der Waals surface area (Å²) in [6, 6.07) is 11.4. The summed E-state index contributed by atoms with van der Waals surface area (Å²) in [5.41, 5.74) is 2.14. The molecule has 5 heteroatoms. The van der Waals surface area contributed by atoms with Crippen molar-refractivity contribution in [3.63, 3.8) is 0 Å². The van der Waals surface area contributed by atoms with E-state index in [1.54, 1.807) is 0 Å². The number of hydrogen-bond donors (Lipinski definition) is 1. The monoisotopic (exact) mass is 407 g/mol. The molecule has 2 aromatic carbocycles. The Bertz CT molecular complexity index is 521. The molecule has 0 amide bonds. The molecule has 0 unspecified atom stereocenters. The first kappa shape index (κ1) is 14.2. The fourth-order valence-corrected chi connectivity index (χ4v) is 3.13. The summed E-state index contributed by atoms with van der Waals surface area (Å²) in [6.07, 6.45) is 0. The van der Waals surface area contributed by atoms with Crippen LogP contribution in [-0.4, -0.2) is 0 Å². The SMILES string of the molecule is Clc1ccc(CNc2ccc(Cl)cc2Br)c(Br)c1. The maximum atomic E-state index is 5.90. The van der Waals surface area contributed by atoms with Crippen LogP contribution in [0.15, 0.2) is 45.3 Å². The fraction of sp³-hybridized carbons (Fsp3) is 0.0769. The second-order valence-corrected chi connectivity index (χ2v) is 6.29.